The predicted molar refractivity (Wildman–Crippen MR) is 161 cm³/mol. The summed E-state index contributed by atoms with van der Waals surface area (Å²) in [5.41, 5.74) is 15.3. The van der Waals surface area contributed by atoms with E-state index in [9.17, 15) is 0 Å². The molecule has 2 aliphatic heterocycles. The zero-order valence-electron chi connectivity index (χ0n) is 23.6. The number of aliphatic imine (C=N–C) groups is 4. The summed E-state index contributed by atoms with van der Waals surface area (Å²) in [5.74, 6) is 2.57. The predicted octanol–water partition coefficient (Wildman–Crippen LogP) is 2.39. The SMILES string of the molecule is CC1N=C(N)N(CCC2N=C(N)N(C)C(N(C)CCCc3ccccc3)=N2)C(N(C)CCc2ccccc2)=N1. The first kappa shape index (κ1) is 27.9. The number of aryl methyl sites for hydroxylation is 1. The van der Waals surface area contributed by atoms with Crippen molar-refractivity contribution in [3.05, 3.63) is 71.8 Å². The maximum atomic E-state index is 6.40. The van der Waals surface area contributed by atoms with Gasteiger partial charge in [0.1, 0.15) is 12.3 Å². The molecule has 2 aliphatic rings. The molecule has 0 radical (unpaired) electrons. The summed E-state index contributed by atoms with van der Waals surface area (Å²) in [6, 6.07) is 21.0. The topological polar surface area (TPSA) is 114 Å². The zero-order chi connectivity index (χ0) is 27.8. The van der Waals surface area contributed by atoms with Crippen LogP contribution >= 0.6 is 0 Å². The molecule has 4 rings (SSSR count). The van der Waals surface area contributed by atoms with E-state index in [0.29, 0.717) is 24.9 Å². The van der Waals surface area contributed by atoms with Crippen LogP contribution in [0.1, 0.15) is 30.9 Å². The third-order valence-corrected chi connectivity index (χ3v) is 7.00. The lowest BCUT2D eigenvalue weighted by Crippen LogP contribution is -2.53. The van der Waals surface area contributed by atoms with E-state index in [1.54, 1.807) is 0 Å². The normalized spacial score (nSPS) is 19.2. The molecule has 2 unspecified atom stereocenters. The molecule has 0 bridgehead atoms. The molecule has 0 saturated carbocycles. The minimum absolute atomic E-state index is 0.221. The molecule has 2 aromatic rings. The van der Waals surface area contributed by atoms with Crippen LogP contribution in [0.2, 0.25) is 0 Å². The van der Waals surface area contributed by atoms with Gasteiger partial charge in [-0.05, 0) is 37.3 Å². The molecule has 0 saturated heterocycles. The van der Waals surface area contributed by atoms with Crippen LogP contribution in [0, 0.1) is 0 Å². The van der Waals surface area contributed by atoms with Gasteiger partial charge in [-0.2, -0.15) is 0 Å². The van der Waals surface area contributed by atoms with Gasteiger partial charge >= 0.3 is 0 Å². The van der Waals surface area contributed by atoms with Gasteiger partial charge in [-0.25, -0.2) is 20.0 Å². The summed E-state index contributed by atoms with van der Waals surface area (Å²) in [6.07, 6.45) is 3.05. The number of benzene rings is 2. The van der Waals surface area contributed by atoms with Crippen LogP contribution in [0.3, 0.4) is 0 Å². The highest BCUT2D eigenvalue weighted by molar-refractivity contribution is 6.00. The number of guanidine groups is 4. The Labute approximate surface area is 232 Å². The molecule has 4 N–H and O–H groups in total. The van der Waals surface area contributed by atoms with Crippen molar-refractivity contribution in [3.63, 3.8) is 0 Å². The second-order valence-corrected chi connectivity index (χ2v) is 10.1. The van der Waals surface area contributed by atoms with E-state index in [1.165, 1.54) is 11.1 Å². The van der Waals surface area contributed by atoms with Gasteiger partial charge in [0.25, 0.3) is 0 Å². The van der Waals surface area contributed by atoms with Crippen LogP contribution in [0.5, 0.6) is 0 Å². The molecule has 10 nitrogen and oxygen atoms in total. The minimum atomic E-state index is -0.309. The molecule has 39 heavy (non-hydrogen) atoms. The summed E-state index contributed by atoms with van der Waals surface area (Å²) in [7, 11) is 6.01. The molecule has 2 aromatic carbocycles. The molecule has 10 heteroatoms. The van der Waals surface area contributed by atoms with E-state index < -0.39 is 0 Å². The van der Waals surface area contributed by atoms with Crippen LogP contribution in [0.15, 0.2) is 80.6 Å². The number of rotatable bonds is 10. The van der Waals surface area contributed by atoms with Crippen molar-refractivity contribution in [2.75, 3.05) is 40.8 Å². The van der Waals surface area contributed by atoms with Gasteiger partial charge in [0, 0.05) is 47.2 Å². The molecule has 0 amide bonds. The van der Waals surface area contributed by atoms with E-state index in [-0.39, 0.29) is 12.3 Å². The fourth-order valence-corrected chi connectivity index (χ4v) is 4.77. The smallest absolute Gasteiger partial charge is 0.205 e. The van der Waals surface area contributed by atoms with Gasteiger partial charge in [-0.15, -0.1) is 0 Å². The third kappa shape index (κ3) is 7.49. The van der Waals surface area contributed by atoms with Crippen molar-refractivity contribution >= 4 is 23.8 Å². The Morgan fingerprint density at radius 1 is 0.744 bits per heavy atom. The molecular formula is C29H42N10. The lowest BCUT2D eigenvalue weighted by atomic mass is 10.1. The summed E-state index contributed by atoms with van der Waals surface area (Å²) >= 11 is 0. The fraction of sp³-hybridized carbons (Fsp3) is 0.448. The molecule has 2 atom stereocenters. The van der Waals surface area contributed by atoms with Crippen LogP contribution in [0.4, 0.5) is 0 Å². The van der Waals surface area contributed by atoms with Gasteiger partial charge in [0.15, 0.2) is 11.9 Å². The molecule has 0 fully saturated rings. The van der Waals surface area contributed by atoms with E-state index in [0.717, 1.165) is 44.3 Å². The Balaban J connectivity index is 1.38. The van der Waals surface area contributed by atoms with Crippen LogP contribution in [-0.2, 0) is 12.8 Å². The summed E-state index contributed by atoms with van der Waals surface area (Å²) in [4.78, 5) is 27.0. The monoisotopic (exact) mass is 530 g/mol. The number of nitrogens with two attached hydrogens (primary N) is 2. The van der Waals surface area contributed by atoms with Crippen molar-refractivity contribution in [1.82, 2.24) is 19.6 Å². The molecule has 208 valence electrons. The average Bonchev–Trinajstić information content (AvgIpc) is 2.93. The van der Waals surface area contributed by atoms with Crippen molar-refractivity contribution in [3.8, 4) is 0 Å². The second kappa shape index (κ2) is 13.1. The average molecular weight is 531 g/mol. The first-order valence-corrected chi connectivity index (χ1v) is 13.7. The van der Waals surface area contributed by atoms with Gasteiger partial charge in [-0.1, -0.05) is 60.7 Å². The molecular weight excluding hydrogens is 488 g/mol. The number of hydrogen-bond donors (Lipinski definition) is 2. The quantitative estimate of drug-likeness (QED) is 0.488. The van der Waals surface area contributed by atoms with Gasteiger partial charge in [0.2, 0.25) is 11.9 Å². The Kier molecular flexibility index (Phi) is 9.40. The van der Waals surface area contributed by atoms with Crippen LogP contribution < -0.4 is 11.5 Å². The first-order chi connectivity index (χ1) is 18.8. The summed E-state index contributed by atoms with van der Waals surface area (Å²) in [5, 5.41) is 0. The van der Waals surface area contributed by atoms with Gasteiger partial charge in [0.05, 0.1) is 0 Å². The number of likely N-dealkylation sites (N-methyl/N-ethyl adjacent to an activating group) is 1. The lowest BCUT2D eigenvalue weighted by molar-refractivity contribution is 0.390. The highest BCUT2D eigenvalue weighted by Crippen LogP contribution is 2.15. The van der Waals surface area contributed by atoms with Crippen molar-refractivity contribution in [2.24, 2.45) is 31.4 Å². The highest BCUT2D eigenvalue weighted by atomic mass is 15.5. The lowest BCUT2D eigenvalue weighted by Gasteiger charge is -2.36. The van der Waals surface area contributed by atoms with Gasteiger partial charge in [-0.3, -0.25) is 9.80 Å². The number of hydrogen-bond acceptors (Lipinski definition) is 10. The van der Waals surface area contributed by atoms with Gasteiger partial charge < -0.3 is 21.3 Å². The van der Waals surface area contributed by atoms with E-state index in [1.807, 2.05) is 43.0 Å². The van der Waals surface area contributed by atoms with E-state index in [4.69, 9.17) is 21.5 Å². The standard InChI is InChI=1S/C29H42N10/c1-22-32-27(31)39(29(33-22)37(3)20-17-24-14-9-6-10-15-24)21-18-25-34-26(30)38(4)28(35-25)36(2)19-11-16-23-12-7-5-8-13-23/h5-10,12-15,22,25H,11,16-21H2,1-4H3,(H2,30,34)(H2,31,32). The van der Waals surface area contributed by atoms with Crippen molar-refractivity contribution in [1.29, 1.82) is 0 Å². The first-order valence-electron chi connectivity index (χ1n) is 13.7. The Morgan fingerprint density at radius 3 is 2.03 bits per heavy atom. The van der Waals surface area contributed by atoms with Crippen LogP contribution in [-0.4, -0.2) is 96.5 Å². The molecule has 2 heterocycles. The summed E-state index contributed by atoms with van der Waals surface area (Å²) in [6.45, 7) is 4.21. The molecule has 0 aromatic heterocycles. The maximum absolute atomic E-state index is 6.40. The largest absolute Gasteiger partial charge is 0.369 e. The van der Waals surface area contributed by atoms with E-state index in [2.05, 4.69) is 75.4 Å². The Hall–Kier alpha value is -4.08. The maximum Gasteiger partial charge on any atom is 0.205 e. The Morgan fingerprint density at radius 2 is 1.36 bits per heavy atom. The molecule has 0 aliphatic carbocycles. The van der Waals surface area contributed by atoms with Crippen LogP contribution in [0.25, 0.3) is 0 Å². The van der Waals surface area contributed by atoms with E-state index >= 15 is 0 Å². The molecule has 0 spiro atoms. The second-order valence-electron chi connectivity index (χ2n) is 10.1. The summed E-state index contributed by atoms with van der Waals surface area (Å²) < 4.78 is 0. The zero-order valence-corrected chi connectivity index (χ0v) is 23.6. The fourth-order valence-electron chi connectivity index (χ4n) is 4.77. The third-order valence-electron chi connectivity index (χ3n) is 7.00. The van der Waals surface area contributed by atoms with Crippen molar-refractivity contribution < 1.29 is 0 Å². The highest BCUT2D eigenvalue weighted by Gasteiger charge is 2.28. The Bertz CT molecular complexity index is 1190. The minimum Gasteiger partial charge on any atom is -0.369 e. The van der Waals surface area contributed by atoms with Crippen molar-refractivity contribution in [2.45, 2.75) is 44.9 Å². The number of nitrogens with zero attached hydrogens (tertiary/aromatic N) is 8.